The van der Waals surface area contributed by atoms with Crippen LogP contribution in [0.4, 0.5) is 5.69 Å². The Kier molecular flexibility index (Phi) is 3.57. The lowest BCUT2D eigenvalue weighted by Gasteiger charge is -2.19. The fourth-order valence-electron chi connectivity index (χ4n) is 3.30. The van der Waals surface area contributed by atoms with E-state index >= 15 is 0 Å². The number of rotatable bonds is 2. The van der Waals surface area contributed by atoms with Gasteiger partial charge in [-0.1, -0.05) is 18.9 Å². The molecule has 0 radical (unpaired) electrons. The highest BCUT2D eigenvalue weighted by Gasteiger charge is 2.49. The Hall–Kier alpha value is -1.69. The summed E-state index contributed by atoms with van der Waals surface area (Å²) in [5.41, 5.74) is 0.124. The number of nitrogens with zero attached hydrogens (tertiary/aromatic N) is 1. The Labute approximate surface area is 130 Å². The molecule has 2 aliphatic rings. The molecule has 2 amide bonds. The normalized spacial score (nSPS) is 25.1. The smallest absolute Gasteiger partial charge is 0.337 e. The molecule has 1 aromatic carbocycles. The lowest BCUT2D eigenvalue weighted by Crippen LogP contribution is -2.32. The summed E-state index contributed by atoms with van der Waals surface area (Å²) in [4.78, 5) is 37.6. The van der Waals surface area contributed by atoms with Crippen molar-refractivity contribution in [2.45, 2.75) is 25.7 Å². The van der Waals surface area contributed by atoms with E-state index in [1.807, 2.05) is 0 Å². The first-order valence-corrected chi connectivity index (χ1v) is 7.71. The highest BCUT2D eigenvalue weighted by molar-refractivity contribution is 9.10. The number of hydrogen-bond acceptors (Lipinski definition) is 3. The molecule has 5 nitrogen and oxygen atoms in total. The van der Waals surface area contributed by atoms with Crippen molar-refractivity contribution in [3.63, 3.8) is 0 Å². The Balaban J connectivity index is 2.11. The minimum Gasteiger partial charge on any atom is -0.478 e. The zero-order valence-corrected chi connectivity index (χ0v) is 12.8. The molecule has 1 aliphatic carbocycles. The summed E-state index contributed by atoms with van der Waals surface area (Å²) in [5.74, 6) is -2.26. The molecule has 1 N–H and O–H groups in total. The number of carbonyl (C=O) groups is 3. The van der Waals surface area contributed by atoms with Crippen molar-refractivity contribution >= 4 is 39.4 Å². The molecule has 1 saturated carbocycles. The van der Waals surface area contributed by atoms with E-state index in [9.17, 15) is 19.5 Å². The zero-order chi connectivity index (χ0) is 15.1. The van der Waals surface area contributed by atoms with E-state index in [-0.39, 0.29) is 34.9 Å². The maximum absolute atomic E-state index is 12.6. The number of carboxylic acid groups (broad SMARTS) is 1. The number of halogens is 1. The molecular weight excluding hydrogens is 338 g/mol. The number of fused-ring (bicyclic) bond motifs is 1. The van der Waals surface area contributed by atoms with Gasteiger partial charge in [0.25, 0.3) is 0 Å². The number of carbonyl (C=O) groups excluding carboxylic acids is 2. The Morgan fingerprint density at radius 3 is 2.24 bits per heavy atom. The molecule has 6 heteroatoms. The van der Waals surface area contributed by atoms with Crippen LogP contribution in [0.25, 0.3) is 0 Å². The van der Waals surface area contributed by atoms with Crippen LogP contribution in [-0.4, -0.2) is 22.9 Å². The third kappa shape index (κ3) is 2.18. The van der Waals surface area contributed by atoms with Crippen LogP contribution < -0.4 is 4.90 Å². The largest absolute Gasteiger partial charge is 0.478 e. The molecule has 21 heavy (non-hydrogen) atoms. The van der Waals surface area contributed by atoms with E-state index in [4.69, 9.17) is 0 Å². The van der Waals surface area contributed by atoms with Crippen molar-refractivity contribution in [2.75, 3.05) is 4.90 Å². The van der Waals surface area contributed by atoms with Crippen molar-refractivity contribution in [1.82, 2.24) is 0 Å². The minimum absolute atomic E-state index is 0.0373. The third-order valence-electron chi connectivity index (χ3n) is 4.28. The summed E-state index contributed by atoms with van der Waals surface area (Å²) in [6, 6.07) is 4.63. The van der Waals surface area contributed by atoms with Gasteiger partial charge in [0.05, 0.1) is 23.1 Å². The number of imide groups is 1. The van der Waals surface area contributed by atoms with E-state index in [0.717, 1.165) is 17.7 Å². The zero-order valence-electron chi connectivity index (χ0n) is 11.2. The van der Waals surface area contributed by atoms with Gasteiger partial charge < -0.3 is 5.11 Å². The second-order valence-corrected chi connectivity index (χ2v) is 6.30. The monoisotopic (exact) mass is 351 g/mol. The Morgan fingerprint density at radius 1 is 1.14 bits per heavy atom. The van der Waals surface area contributed by atoms with Crippen LogP contribution in [0.5, 0.6) is 0 Å². The number of aromatic carboxylic acids is 1. The second-order valence-electron chi connectivity index (χ2n) is 5.45. The molecule has 1 aliphatic heterocycles. The first kappa shape index (κ1) is 14.3. The number of amides is 2. The lowest BCUT2D eigenvalue weighted by atomic mass is 9.81. The topological polar surface area (TPSA) is 74.7 Å². The molecule has 110 valence electrons. The summed E-state index contributed by atoms with van der Waals surface area (Å²) in [6.07, 6.45) is 3.29. The van der Waals surface area contributed by atoms with Gasteiger partial charge in [-0.2, -0.15) is 0 Å². The van der Waals surface area contributed by atoms with Gasteiger partial charge in [-0.05, 0) is 40.9 Å². The van der Waals surface area contributed by atoms with Gasteiger partial charge >= 0.3 is 5.97 Å². The van der Waals surface area contributed by atoms with Gasteiger partial charge in [0.15, 0.2) is 0 Å². The van der Waals surface area contributed by atoms with Crippen molar-refractivity contribution in [2.24, 2.45) is 11.8 Å². The minimum atomic E-state index is -1.15. The molecule has 3 rings (SSSR count). The van der Waals surface area contributed by atoms with E-state index in [2.05, 4.69) is 15.9 Å². The van der Waals surface area contributed by atoms with Crippen LogP contribution in [-0.2, 0) is 9.59 Å². The Bertz CT molecular complexity index is 619. The van der Waals surface area contributed by atoms with Crippen LogP contribution in [0.3, 0.4) is 0 Å². The van der Waals surface area contributed by atoms with Crippen molar-refractivity contribution in [3.8, 4) is 0 Å². The molecule has 1 saturated heterocycles. The maximum Gasteiger partial charge on any atom is 0.337 e. The summed E-state index contributed by atoms with van der Waals surface area (Å²) in [5, 5.41) is 9.31. The highest BCUT2D eigenvalue weighted by atomic mass is 79.9. The molecule has 2 fully saturated rings. The number of carboxylic acids is 1. The molecule has 0 spiro atoms. The van der Waals surface area contributed by atoms with Crippen LogP contribution in [0.2, 0.25) is 0 Å². The summed E-state index contributed by atoms with van der Waals surface area (Å²) < 4.78 is 0.447. The standard InChI is InChI=1S/C15H14BrNO4/c16-11-7-3-6-10(15(20)21)12(11)17-13(18)8-4-1-2-5-9(8)14(17)19/h3,6-9H,1-2,4-5H2,(H,20,21). The molecule has 0 bridgehead atoms. The SMILES string of the molecule is O=C(O)c1cccc(Br)c1N1C(=O)C2CCCCC2C1=O. The molecule has 0 aromatic heterocycles. The molecule has 2 unspecified atom stereocenters. The van der Waals surface area contributed by atoms with Crippen LogP contribution in [0.15, 0.2) is 22.7 Å². The number of hydrogen-bond donors (Lipinski definition) is 1. The Morgan fingerprint density at radius 2 is 1.71 bits per heavy atom. The first-order chi connectivity index (χ1) is 10.0. The molecule has 1 aromatic rings. The predicted octanol–water partition coefficient (Wildman–Crippen LogP) is 2.83. The number of anilines is 1. The lowest BCUT2D eigenvalue weighted by molar-refractivity contribution is -0.122. The molecule has 1 heterocycles. The first-order valence-electron chi connectivity index (χ1n) is 6.92. The van der Waals surface area contributed by atoms with E-state index in [1.165, 1.54) is 6.07 Å². The second kappa shape index (κ2) is 5.26. The highest BCUT2D eigenvalue weighted by Crippen LogP contribution is 2.43. The van der Waals surface area contributed by atoms with Crippen molar-refractivity contribution in [1.29, 1.82) is 0 Å². The average molecular weight is 352 g/mol. The summed E-state index contributed by atoms with van der Waals surface area (Å²) in [6.45, 7) is 0. The van der Waals surface area contributed by atoms with E-state index < -0.39 is 5.97 Å². The van der Waals surface area contributed by atoms with Gasteiger partial charge in [-0.25, -0.2) is 9.69 Å². The van der Waals surface area contributed by atoms with Gasteiger partial charge in [-0.3, -0.25) is 9.59 Å². The van der Waals surface area contributed by atoms with Crippen LogP contribution in [0.1, 0.15) is 36.0 Å². The van der Waals surface area contributed by atoms with E-state index in [0.29, 0.717) is 17.3 Å². The van der Waals surface area contributed by atoms with Crippen molar-refractivity contribution < 1.29 is 19.5 Å². The van der Waals surface area contributed by atoms with Gasteiger partial charge in [0.1, 0.15) is 0 Å². The fourth-order valence-corrected chi connectivity index (χ4v) is 3.84. The number of para-hydroxylation sites is 1. The van der Waals surface area contributed by atoms with Gasteiger partial charge in [0.2, 0.25) is 11.8 Å². The summed E-state index contributed by atoms with van der Waals surface area (Å²) >= 11 is 3.27. The molecule has 2 atom stereocenters. The third-order valence-corrected chi connectivity index (χ3v) is 4.92. The van der Waals surface area contributed by atoms with Crippen LogP contribution >= 0.6 is 15.9 Å². The van der Waals surface area contributed by atoms with Crippen LogP contribution in [0, 0.1) is 11.8 Å². The quantitative estimate of drug-likeness (QED) is 0.831. The maximum atomic E-state index is 12.6. The average Bonchev–Trinajstić information content (AvgIpc) is 2.72. The summed E-state index contributed by atoms with van der Waals surface area (Å²) in [7, 11) is 0. The predicted molar refractivity (Wildman–Crippen MR) is 79.0 cm³/mol. The number of benzene rings is 1. The van der Waals surface area contributed by atoms with Gasteiger partial charge in [0, 0.05) is 4.47 Å². The fraction of sp³-hybridized carbons (Fsp3) is 0.400. The van der Waals surface area contributed by atoms with Gasteiger partial charge in [-0.15, -0.1) is 0 Å². The van der Waals surface area contributed by atoms with Crippen molar-refractivity contribution in [3.05, 3.63) is 28.2 Å². The molecular formula is C15H14BrNO4. The van der Waals surface area contributed by atoms with E-state index in [1.54, 1.807) is 12.1 Å².